The first-order valence-corrected chi connectivity index (χ1v) is 24.5. The number of hydrogen-bond donors (Lipinski definition) is 0. The Morgan fingerprint density at radius 3 is 1.32 bits per heavy atom. The van der Waals surface area contributed by atoms with Crippen LogP contribution in [-0.4, -0.2) is 75.5 Å². The molecule has 0 saturated heterocycles. The van der Waals surface area contributed by atoms with E-state index in [9.17, 15) is 19.5 Å². The number of quaternary nitrogens is 1. The third-order valence-electron chi connectivity index (χ3n) is 11.0. The quantitative estimate of drug-likeness (QED) is 0.0261. The van der Waals surface area contributed by atoms with Crippen molar-refractivity contribution in [1.82, 2.24) is 0 Å². The van der Waals surface area contributed by atoms with Gasteiger partial charge in [-0.05, 0) is 70.6 Å². The molecule has 0 rings (SSSR count). The SMILES string of the molecule is CCCCCCC/C=C\C/C=C\CCCCCCCCCCCC(=O)OC(COCCC(C(=O)[O-])[N+](C)(C)C)COC(=O)CCCCCCC/C=C\CCCCCCC. The highest BCUT2D eigenvalue weighted by Crippen LogP contribution is 2.14. The van der Waals surface area contributed by atoms with Crippen molar-refractivity contribution < 1.29 is 38.2 Å². The van der Waals surface area contributed by atoms with E-state index in [4.69, 9.17) is 14.2 Å². The average molecular weight is 832 g/mol. The molecule has 0 bridgehead atoms. The summed E-state index contributed by atoms with van der Waals surface area (Å²) in [4.78, 5) is 36.9. The molecule has 0 radical (unpaired) electrons. The fourth-order valence-corrected chi connectivity index (χ4v) is 7.15. The molecule has 0 spiro atoms. The van der Waals surface area contributed by atoms with Crippen molar-refractivity contribution in [2.75, 3.05) is 41.0 Å². The lowest BCUT2D eigenvalue weighted by Crippen LogP contribution is -2.55. The standard InChI is InChI=1S/C51H93NO7/c1-6-8-10-12-14-16-18-20-22-23-24-25-26-27-28-30-32-34-36-38-40-42-50(54)59-47(45-57-44-43-48(51(55)56)52(3,4)5)46-58-49(53)41-39-37-35-33-31-29-21-19-17-15-13-11-9-7-2/h18-21,23-24,47-48H,6-17,22,25-46H2,1-5H3/b20-18-,21-19-,24-23-. The first kappa shape index (κ1) is 56.5. The number of carbonyl (C=O) groups excluding carboxylic acids is 3. The normalized spacial score (nSPS) is 13.2. The van der Waals surface area contributed by atoms with Gasteiger partial charge in [-0.3, -0.25) is 9.59 Å². The fraction of sp³-hybridized carbons (Fsp3) is 0.824. The zero-order valence-corrected chi connectivity index (χ0v) is 39.2. The summed E-state index contributed by atoms with van der Waals surface area (Å²) in [5, 5.41) is 11.6. The Morgan fingerprint density at radius 2 is 0.898 bits per heavy atom. The molecule has 2 atom stereocenters. The molecule has 0 aliphatic rings. The molecule has 0 N–H and O–H groups in total. The Hall–Kier alpha value is -2.45. The summed E-state index contributed by atoms with van der Waals surface area (Å²) < 4.78 is 17.2. The third-order valence-corrected chi connectivity index (χ3v) is 11.0. The third kappa shape index (κ3) is 40.7. The van der Waals surface area contributed by atoms with Gasteiger partial charge in [-0.15, -0.1) is 0 Å². The van der Waals surface area contributed by atoms with Crippen molar-refractivity contribution in [3.63, 3.8) is 0 Å². The van der Waals surface area contributed by atoms with E-state index >= 15 is 0 Å². The molecule has 0 saturated carbocycles. The molecule has 0 aliphatic carbocycles. The Morgan fingerprint density at radius 1 is 0.508 bits per heavy atom. The number of likely N-dealkylation sites (N-methyl/N-ethyl adjacent to an activating group) is 1. The largest absolute Gasteiger partial charge is 0.544 e. The van der Waals surface area contributed by atoms with Crippen LogP contribution in [-0.2, 0) is 28.6 Å². The summed E-state index contributed by atoms with van der Waals surface area (Å²) in [5.41, 5.74) is 0. The van der Waals surface area contributed by atoms with Crippen LogP contribution in [0.5, 0.6) is 0 Å². The highest BCUT2D eigenvalue weighted by molar-refractivity contribution is 5.70. The number of hydrogen-bond acceptors (Lipinski definition) is 7. The molecule has 2 unspecified atom stereocenters. The van der Waals surface area contributed by atoms with Gasteiger partial charge in [0.2, 0.25) is 0 Å². The summed E-state index contributed by atoms with van der Waals surface area (Å²) in [7, 11) is 5.41. The van der Waals surface area contributed by atoms with Gasteiger partial charge in [0.15, 0.2) is 6.10 Å². The van der Waals surface area contributed by atoms with Crippen molar-refractivity contribution in [2.24, 2.45) is 0 Å². The first-order valence-electron chi connectivity index (χ1n) is 24.5. The topological polar surface area (TPSA) is 102 Å². The second-order valence-corrected chi connectivity index (χ2v) is 17.7. The second kappa shape index (κ2) is 42.2. The highest BCUT2D eigenvalue weighted by Gasteiger charge is 2.25. The fourth-order valence-electron chi connectivity index (χ4n) is 7.15. The molecule has 0 aromatic carbocycles. The molecule has 8 nitrogen and oxygen atoms in total. The van der Waals surface area contributed by atoms with Crippen LogP contribution in [0.15, 0.2) is 36.5 Å². The maximum atomic E-state index is 12.8. The Balaban J connectivity index is 4.27. The number of rotatable bonds is 44. The predicted molar refractivity (Wildman–Crippen MR) is 245 cm³/mol. The molecular formula is C51H93NO7. The lowest BCUT2D eigenvalue weighted by atomic mass is 10.1. The van der Waals surface area contributed by atoms with Gasteiger partial charge in [0.1, 0.15) is 12.6 Å². The Kier molecular flexibility index (Phi) is 40.5. The summed E-state index contributed by atoms with van der Waals surface area (Å²) in [6.45, 7) is 4.65. The molecule has 0 aromatic rings. The lowest BCUT2D eigenvalue weighted by molar-refractivity contribution is -0.889. The molecule has 0 aromatic heterocycles. The number of allylic oxidation sites excluding steroid dienone is 6. The molecule has 0 heterocycles. The number of carboxylic acid groups (broad SMARTS) is 1. The molecule has 344 valence electrons. The van der Waals surface area contributed by atoms with Crippen molar-refractivity contribution in [2.45, 2.75) is 231 Å². The van der Waals surface area contributed by atoms with E-state index in [1.54, 1.807) is 21.1 Å². The van der Waals surface area contributed by atoms with Crippen LogP contribution in [0.25, 0.3) is 0 Å². The van der Waals surface area contributed by atoms with Crippen LogP contribution in [0.2, 0.25) is 0 Å². The van der Waals surface area contributed by atoms with Crippen LogP contribution >= 0.6 is 0 Å². The van der Waals surface area contributed by atoms with Gasteiger partial charge in [-0.1, -0.05) is 166 Å². The van der Waals surface area contributed by atoms with E-state index in [2.05, 4.69) is 50.3 Å². The van der Waals surface area contributed by atoms with E-state index in [-0.39, 0.29) is 42.7 Å². The average Bonchev–Trinajstić information content (AvgIpc) is 3.19. The van der Waals surface area contributed by atoms with Gasteiger partial charge in [0, 0.05) is 19.3 Å². The number of esters is 2. The highest BCUT2D eigenvalue weighted by atomic mass is 16.6. The minimum absolute atomic E-state index is 0.0379. The van der Waals surface area contributed by atoms with E-state index in [0.717, 1.165) is 57.8 Å². The van der Waals surface area contributed by atoms with Gasteiger partial charge in [-0.25, -0.2) is 0 Å². The molecule has 0 aliphatic heterocycles. The monoisotopic (exact) mass is 832 g/mol. The zero-order chi connectivity index (χ0) is 43.5. The van der Waals surface area contributed by atoms with Crippen molar-refractivity contribution in [3.8, 4) is 0 Å². The number of aliphatic carboxylic acids is 1. The summed E-state index contributed by atoms with van der Waals surface area (Å²) in [5.74, 6) is -1.74. The molecular weight excluding hydrogens is 739 g/mol. The molecule has 0 amide bonds. The van der Waals surface area contributed by atoms with E-state index in [1.165, 1.54) is 128 Å². The Labute approximate surface area is 364 Å². The molecule has 59 heavy (non-hydrogen) atoms. The number of ether oxygens (including phenoxy) is 3. The van der Waals surface area contributed by atoms with E-state index in [1.807, 2.05) is 0 Å². The van der Waals surface area contributed by atoms with Gasteiger partial charge in [0.25, 0.3) is 0 Å². The van der Waals surface area contributed by atoms with E-state index < -0.39 is 18.1 Å². The molecule has 0 fully saturated rings. The van der Waals surface area contributed by atoms with Gasteiger partial charge in [0.05, 0.1) is 40.3 Å². The minimum atomic E-state index is -1.13. The molecule has 8 heteroatoms. The van der Waals surface area contributed by atoms with Crippen LogP contribution in [0, 0.1) is 0 Å². The van der Waals surface area contributed by atoms with Crippen molar-refractivity contribution in [1.29, 1.82) is 0 Å². The number of nitrogens with zero attached hydrogens (tertiary/aromatic N) is 1. The first-order chi connectivity index (χ1) is 28.6. The Bertz CT molecular complexity index is 1060. The second-order valence-electron chi connectivity index (χ2n) is 17.7. The van der Waals surface area contributed by atoms with Gasteiger partial charge in [-0.2, -0.15) is 0 Å². The number of unbranched alkanes of at least 4 members (excludes halogenated alkanes) is 24. The smallest absolute Gasteiger partial charge is 0.306 e. The summed E-state index contributed by atoms with van der Waals surface area (Å²) in [6, 6.07) is -0.727. The van der Waals surface area contributed by atoms with Crippen LogP contribution < -0.4 is 5.11 Å². The van der Waals surface area contributed by atoms with Crippen LogP contribution in [0.4, 0.5) is 0 Å². The summed E-state index contributed by atoms with van der Waals surface area (Å²) >= 11 is 0. The maximum Gasteiger partial charge on any atom is 0.306 e. The van der Waals surface area contributed by atoms with Crippen LogP contribution in [0.1, 0.15) is 219 Å². The van der Waals surface area contributed by atoms with Crippen molar-refractivity contribution >= 4 is 17.9 Å². The number of carbonyl (C=O) groups is 3. The van der Waals surface area contributed by atoms with Crippen molar-refractivity contribution in [3.05, 3.63) is 36.5 Å². The zero-order valence-electron chi connectivity index (χ0n) is 39.2. The van der Waals surface area contributed by atoms with Crippen LogP contribution in [0.3, 0.4) is 0 Å². The van der Waals surface area contributed by atoms with Gasteiger partial charge < -0.3 is 28.6 Å². The number of carboxylic acids is 1. The summed E-state index contributed by atoms with van der Waals surface area (Å²) in [6.07, 6.45) is 48.8. The van der Waals surface area contributed by atoms with E-state index in [0.29, 0.717) is 12.8 Å². The lowest BCUT2D eigenvalue weighted by Gasteiger charge is -2.34. The maximum absolute atomic E-state index is 12.8. The predicted octanol–water partition coefficient (Wildman–Crippen LogP) is 12.5. The minimum Gasteiger partial charge on any atom is -0.544 e. The van der Waals surface area contributed by atoms with Gasteiger partial charge >= 0.3 is 11.9 Å².